The fourth-order valence-electron chi connectivity index (χ4n) is 2.47. The van der Waals surface area contributed by atoms with Crippen molar-refractivity contribution < 1.29 is 14.3 Å². The number of ether oxygens (including phenoxy) is 2. The van der Waals surface area contributed by atoms with Crippen molar-refractivity contribution in [2.24, 2.45) is 0 Å². The second-order valence-corrected chi connectivity index (χ2v) is 5.24. The SMILES string of the molecule is CCOc1nccn2c(CNC(=O)Cc3ccccc3OC)nnc12. The zero-order chi connectivity index (χ0) is 17.6. The molecule has 0 saturated carbocycles. The Morgan fingerprint density at radius 3 is 2.92 bits per heavy atom. The van der Waals surface area contributed by atoms with E-state index in [1.54, 1.807) is 23.9 Å². The van der Waals surface area contributed by atoms with Gasteiger partial charge in [0.2, 0.25) is 11.6 Å². The fourth-order valence-corrected chi connectivity index (χ4v) is 2.47. The Morgan fingerprint density at radius 1 is 1.28 bits per heavy atom. The van der Waals surface area contributed by atoms with E-state index < -0.39 is 0 Å². The maximum Gasteiger partial charge on any atom is 0.260 e. The molecule has 0 radical (unpaired) electrons. The van der Waals surface area contributed by atoms with Gasteiger partial charge in [0.25, 0.3) is 5.88 Å². The molecular weight excluding hydrogens is 322 g/mol. The highest BCUT2D eigenvalue weighted by Crippen LogP contribution is 2.18. The number of nitrogens with zero attached hydrogens (tertiary/aromatic N) is 4. The van der Waals surface area contributed by atoms with Gasteiger partial charge >= 0.3 is 0 Å². The van der Waals surface area contributed by atoms with E-state index in [2.05, 4.69) is 20.5 Å². The van der Waals surface area contributed by atoms with E-state index in [4.69, 9.17) is 9.47 Å². The Bertz CT molecular complexity index is 878. The summed E-state index contributed by atoms with van der Waals surface area (Å²) in [5.41, 5.74) is 1.36. The molecule has 3 aromatic rings. The van der Waals surface area contributed by atoms with Crippen LogP contribution in [0.2, 0.25) is 0 Å². The maximum atomic E-state index is 12.2. The Morgan fingerprint density at radius 2 is 2.12 bits per heavy atom. The average Bonchev–Trinajstić information content (AvgIpc) is 3.05. The maximum absolute atomic E-state index is 12.2. The molecule has 0 unspecified atom stereocenters. The summed E-state index contributed by atoms with van der Waals surface area (Å²) < 4.78 is 12.4. The molecule has 1 aromatic carbocycles. The number of aromatic nitrogens is 4. The van der Waals surface area contributed by atoms with Gasteiger partial charge in [0.05, 0.1) is 26.7 Å². The second-order valence-electron chi connectivity index (χ2n) is 5.24. The molecule has 0 spiro atoms. The standard InChI is InChI=1S/C17H19N5O3/c1-3-25-17-16-21-20-14(22(16)9-8-18-17)11-19-15(23)10-12-6-4-5-7-13(12)24-2/h4-9H,3,10-11H2,1-2H3,(H,19,23). The predicted octanol–water partition coefficient (Wildman–Crippen LogP) is 1.39. The average molecular weight is 341 g/mol. The molecule has 25 heavy (non-hydrogen) atoms. The molecule has 8 nitrogen and oxygen atoms in total. The topological polar surface area (TPSA) is 90.6 Å². The number of hydrogen-bond acceptors (Lipinski definition) is 6. The number of benzene rings is 1. The van der Waals surface area contributed by atoms with Gasteiger partial charge < -0.3 is 14.8 Å². The van der Waals surface area contributed by atoms with Crippen LogP contribution >= 0.6 is 0 Å². The molecule has 0 saturated heterocycles. The van der Waals surface area contributed by atoms with E-state index in [1.807, 2.05) is 31.2 Å². The number of hydrogen-bond donors (Lipinski definition) is 1. The molecular formula is C17H19N5O3. The summed E-state index contributed by atoms with van der Waals surface area (Å²) in [7, 11) is 1.59. The third kappa shape index (κ3) is 3.68. The van der Waals surface area contributed by atoms with Crippen LogP contribution in [0.5, 0.6) is 11.6 Å². The number of para-hydroxylation sites is 1. The minimum Gasteiger partial charge on any atom is -0.496 e. The quantitative estimate of drug-likeness (QED) is 0.698. The van der Waals surface area contributed by atoms with Crippen molar-refractivity contribution in [2.75, 3.05) is 13.7 Å². The first-order chi connectivity index (χ1) is 12.2. The summed E-state index contributed by atoms with van der Waals surface area (Å²) in [6, 6.07) is 7.44. The summed E-state index contributed by atoms with van der Waals surface area (Å²) in [6.45, 7) is 2.62. The van der Waals surface area contributed by atoms with Crippen LogP contribution in [0.4, 0.5) is 0 Å². The molecule has 0 atom stereocenters. The van der Waals surface area contributed by atoms with Gasteiger partial charge in [0, 0.05) is 18.0 Å². The van der Waals surface area contributed by atoms with Crippen molar-refractivity contribution in [1.29, 1.82) is 0 Å². The molecule has 0 aliphatic carbocycles. The Balaban J connectivity index is 1.68. The van der Waals surface area contributed by atoms with Gasteiger partial charge in [-0.3, -0.25) is 9.20 Å². The van der Waals surface area contributed by atoms with Crippen LogP contribution in [0.3, 0.4) is 0 Å². The van der Waals surface area contributed by atoms with E-state index in [0.717, 1.165) is 5.56 Å². The van der Waals surface area contributed by atoms with Crippen LogP contribution < -0.4 is 14.8 Å². The first-order valence-corrected chi connectivity index (χ1v) is 7.93. The normalized spacial score (nSPS) is 10.6. The fraction of sp³-hybridized carbons (Fsp3) is 0.294. The highest BCUT2D eigenvalue weighted by Gasteiger charge is 2.13. The minimum atomic E-state index is -0.125. The lowest BCUT2D eigenvalue weighted by atomic mass is 10.1. The molecule has 0 aliphatic rings. The highest BCUT2D eigenvalue weighted by atomic mass is 16.5. The number of rotatable bonds is 7. The lowest BCUT2D eigenvalue weighted by Gasteiger charge is -2.08. The molecule has 0 aliphatic heterocycles. The molecule has 130 valence electrons. The molecule has 2 aromatic heterocycles. The molecule has 0 fully saturated rings. The number of methoxy groups -OCH3 is 1. The zero-order valence-electron chi connectivity index (χ0n) is 14.1. The van der Waals surface area contributed by atoms with Gasteiger partial charge in [-0.05, 0) is 13.0 Å². The van der Waals surface area contributed by atoms with Crippen molar-refractivity contribution in [3.63, 3.8) is 0 Å². The van der Waals surface area contributed by atoms with Crippen LogP contribution in [0, 0.1) is 0 Å². The van der Waals surface area contributed by atoms with Gasteiger partial charge in [0.1, 0.15) is 5.75 Å². The lowest BCUT2D eigenvalue weighted by molar-refractivity contribution is -0.120. The van der Waals surface area contributed by atoms with Gasteiger partial charge in [-0.15, -0.1) is 10.2 Å². The zero-order valence-corrected chi connectivity index (χ0v) is 14.1. The van der Waals surface area contributed by atoms with Crippen molar-refractivity contribution in [2.45, 2.75) is 19.9 Å². The van der Waals surface area contributed by atoms with Crippen LogP contribution in [0.1, 0.15) is 18.3 Å². The highest BCUT2D eigenvalue weighted by molar-refractivity contribution is 5.79. The van der Waals surface area contributed by atoms with Crippen molar-refractivity contribution >= 4 is 11.6 Å². The Kier molecular flexibility index (Phi) is 5.08. The number of amides is 1. The van der Waals surface area contributed by atoms with Gasteiger partial charge in [0.15, 0.2) is 5.82 Å². The van der Waals surface area contributed by atoms with Crippen LogP contribution in [-0.4, -0.2) is 39.2 Å². The lowest BCUT2D eigenvalue weighted by Crippen LogP contribution is -2.25. The van der Waals surface area contributed by atoms with E-state index in [1.165, 1.54) is 0 Å². The first-order valence-electron chi connectivity index (χ1n) is 7.93. The third-order valence-corrected chi connectivity index (χ3v) is 3.63. The Labute approximate surface area is 144 Å². The largest absolute Gasteiger partial charge is 0.496 e. The third-order valence-electron chi connectivity index (χ3n) is 3.63. The van der Waals surface area contributed by atoms with Crippen LogP contribution in [-0.2, 0) is 17.8 Å². The molecule has 1 amide bonds. The van der Waals surface area contributed by atoms with E-state index in [0.29, 0.717) is 29.7 Å². The van der Waals surface area contributed by atoms with Gasteiger partial charge in [-0.25, -0.2) is 4.98 Å². The van der Waals surface area contributed by atoms with Crippen molar-refractivity contribution in [3.8, 4) is 11.6 Å². The number of fused-ring (bicyclic) bond motifs is 1. The van der Waals surface area contributed by atoms with Crippen LogP contribution in [0.15, 0.2) is 36.7 Å². The number of carbonyl (C=O) groups is 1. The number of nitrogens with one attached hydrogen (secondary N) is 1. The minimum absolute atomic E-state index is 0.125. The molecule has 0 bridgehead atoms. The summed E-state index contributed by atoms with van der Waals surface area (Å²) in [5.74, 6) is 1.59. The Hall–Kier alpha value is -3.16. The van der Waals surface area contributed by atoms with Gasteiger partial charge in [-0.1, -0.05) is 18.2 Å². The van der Waals surface area contributed by atoms with Gasteiger partial charge in [-0.2, -0.15) is 0 Å². The smallest absolute Gasteiger partial charge is 0.260 e. The summed E-state index contributed by atoms with van der Waals surface area (Å²) in [6.07, 6.45) is 3.58. The molecule has 3 rings (SSSR count). The summed E-state index contributed by atoms with van der Waals surface area (Å²) in [4.78, 5) is 16.4. The summed E-state index contributed by atoms with van der Waals surface area (Å²) >= 11 is 0. The van der Waals surface area contributed by atoms with E-state index in [-0.39, 0.29) is 18.9 Å². The van der Waals surface area contributed by atoms with E-state index >= 15 is 0 Å². The number of carbonyl (C=O) groups excluding carboxylic acids is 1. The first kappa shape index (κ1) is 16.7. The van der Waals surface area contributed by atoms with Crippen molar-refractivity contribution in [1.82, 2.24) is 24.9 Å². The monoisotopic (exact) mass is 341 g/mol. The van der Waals surface area contributed by atoms with Crippen molar-refractivity contribution in [3.05, 3.63) is 48.0 Å². The molecule has 2 heterocycles. The second kappa shape index (κ2) is 7.61. The van der Waals surface area contributed by atoms with Crippen LogP contribution in [0.25, 0.3) is 5.65 Å². The summed E-state index contributed by atoms with van der Waals surface area (Å²) in [5, 5.41) is 11.0. The predicted molar refractivity (Wildman–Crippen MR) is 90.5 cm³/mol. The van der Waals surface area contributed by atoms with E-state index in [9.17, 15) is 4.79 Å². The molecule has 8 heteroatoms. The molecule has 1 N–H and O–H groups in total.